The quantitative estimate of drug-likeness (QED) is 0.654. The zero-order valence-corrected chi connectivity index (χ0v) is 17.4. The van der Waals surface area contributed by atoms with Gasteiger partial charge in [0, 0.05) is 44.3 Å². The molecule has 1 aliphatic rings. The number of rotatable bonds is 5. The van der Waals surface area contributed by atoms with Crippen LogP contribution >= 0.6 is 0 Å². The number of carbonyl (C=O) groups is 1. The summed E-state index contributed by atoms with van der Waals surface area (Å²) in [6.45, 7) is 4.78. The lowest BCUT2D eigenvalue weighted by Crippen LogP contribution is -2.50. The summed E-state index contributed by atoms with van der Waals surface area (Å²) in [5.74, 6) is 1.63. The Kier molecular flexibility index (Phi) is 6.11. The minimum Gasteiger partial charge on any atom is -0.483 e. The van der Waals surface area contributed by atoms with Crippen molar-refractivity contribution in [3.8, 4) is 5.75 Å². The number of nitrogens with two attached hydrogens (primary N) is 1. The molecule has 2 aromatic heterocycles. The summed E-state index contributed by atoms with van der Waals surface area (Å²) in [6, 6.07) is 13.2. The maximum Gasteiger partial charge on any atom is 0.321 e. The van der Waals surface area contributed by atoms with E-state index in [2.05, 4.69) is 25.2 Å². The molecular weight excluding hydrogens is 394 g/mol. The maximum absolute atomic E-state index is 12.6. The van der Waals surface area contributed by atoms with E-state index < -0.39 is 0 Å². The topological polar surface area (TPSA) is 110 Å². The molecule has 2 amide bonds. The number of piperazine rings is 1. The number of urea groups is 1. The van der Waals surface area contributed by atoms with Gasteiger partial charge in [-0.25, -0.2) is 19.7 Å². The molecule has 3 aromatic rings. The number of hydrogen-bond donors (Lipinski definition) is 2. The third-order valence-corrected chi connectivity index (χ3v) is 4.99. The number of carbonyl (C=O) groups excluding carboxylic acids is 1. The molecule has 3 heterocycles. The standard InChI is InChI=1S/C22H25N7O2/c1-16-4-2-5-17(14-16)27-22(30)29-12-10-28(11-13-29)20-19(6-3-8-24-20)31-15-18-7-9-25-21(23)26-18/h2-9,14H,10-13,15H2,1H3,(H,27,30)(H2,23,25,26). The number of amides is 2. The lowest BCUT2D eigenvalue weighted by Gasteiger charge is -2.35. The molecule has 0 saturated carbocycles. The lowest BCUT2D eigenvalue weighted by molar-refractivity contribution is 0.208. The maximum atomic E-state index is 12.6. The number of aromatic nitrogens is 3. The van der Waals surface area contributed by atoms with Crippen molar-refractivity contribution in [2.45, 2.75) is 13.5 Å². The van der Waals surface area contributed by atoms with Gasteiger partial charge in [-0.05, 0) is 42.8 Å². The van der Waals surface area contributed by atoms with Crippen LogP contribution in [0.15, 0.2) is 54.9 Å². The van der Waals surface area contributed by atoms with Crippen molar-refractivity contribution in [3.63, 3.8) is 0 Å². The molecule has 0 unspecified atom stereocenters. The molecule has 1 aromatic carbocycles. The Labute approximate surface area is 180 Å². The second-order valence-corrected chi connectivity index (χ2v) is 7.29. The van der Waals surface area contributed by atoms with E-state index in [-0.39, 0.29) is 18.6 Å². The van der Waals surface area contributed by atoms with Crippen LogP contribution in [0.3, 0.4) is 0 Å². The first kappa shape index (κ1) is 20.4. The highest BCUT2D eigenvalue weighted by molar-refractivity contribution is 5.89. The summed E-state index contributed by atoms with van der Waals surface area (Å²) in [7, 11) is 0. The first-order valence-corrected chi connectivity index (χ1v) is 10.1. The van der Waals surface area contributed by atoms with E-state index in [0.29, 0.717) is 37.6 Å². The molecule has 9 nitrogen and oxygen atoms in total. The fourth-order valence-corrected chi connectivity index (χ4v) is 3.42. The van der Waals surface area contributed by atoms with Crippen LogP contribution in [0.25, 0.3) is 0 Å². The van der Waals surface area contributed by atoms with Gasteiger partial charge in [0.2, 0.25) is 5.95 Å². The van der Waals surface area contributed by atoms with Crippen molar-refractivity contribution in [2.24, 2.45) is 0 Å². The fraction of sp³-hybridized carbons (Fsp3) is 0.273. The predicted octanol–water partition coefficient (Wildman–Crippen LogP) is 2.70. The Morgan fingerprint density at radius 1 is 1.10 bits per heavy atom. The van der Waals surface area contributed by atoms with E-state index in [1.165, 1.54) is 0 Å². The van der Waals surface area contributed by atoms with E-state index in [4.69, 9.17) is 10.5 Å². The van der Waals surface area contributed by atoms with Crippen molar-refractivity contribution in [1.29, 1.82) is 0 Å². The van der Waals surface area contributed by atoms with Crippen LogP contribution in [0.4, 0.5) is 22.2 Å². The summed E-state index contributed by atoms with van der Waals surface area (Å²) >= 11 is 0. The fourth-order valence-electron chi connectivity index (χ4n) is 3.42. The third-order valence-electron chi connectivity index (χ3n) is 4.99. The van der Waals surface area contributed by atoms with Gasteiger partial charge < -0.3 is 25.6 Å². The largest absolute Gasteiger partial charge is 0.483 e. The number of nitrogens with zero attached hydrogens (tertiary/aromatic N) is 5. The molecule has 0 spiro atoms. The number of nitrogen functional groups attached to an aromatic ring is 1. The Balaban J connectivity index is 1.36. The van der Waals surface area contributed by atoms with Gasteiger partial charge in [0.05, 0.1) is 5.69 Å². The number of aryl methyl sites for hydroxylation is 1. The average molecular weight is 419 g/mol. The van der Waals surface area contributed by atoms with Gasteiger partial charge in [0.25, 0.3) is 0 Å². The molecule has 0 bridgehead atoms. The molecule has 160 valence electrons. The monoisotopic (exact) mass is 419 g/mol. The van der Waals surface area contributed by atoms with Gasteiger partial charge in [-0.1, -0.05) is 12.1 Å². The highest BCUT2D eigenvalue weighted by atomic mass is 16.5. The zero-order chi connectivity index (χ0) is 21.6. The van der Waals surface area contributed by atoms with E-state index in [1.54, 1.807) is 18.5 Å². The minimum absolute atomic E-state index is 0.0934. The predicted molar refractivity (Wildman–Crippen MR) is 119 cm³/mol. The molecule has 1 aliphatic heterocycles. The Morgan fingerprint density at radius 2 is 1.94 bits per heavy atom. The summed E-state index contributed by atoms with van der Waals surface area (Å²) in [5.41, 5.74) is 8.24. The smallest absolute Gasteiger partial charge is 0.321 e. The number of anilines is 3. The Hall–Kier alpha value is -3.88. The average Bonchev–Trinajstić information content (AvgIpc) is 2.78. The molecule has 9 heteroatoms. The molecule has 0 atom stereocenters. The van der Waals surface area contributed by atoms with E-state index in [1.807, 2.05) is 48.2 Å². The molecule has 1 saturated heterocycles. The number of nitrogens with one attached hydrogen (secondary N) is 1. The van der Waals surface area contributed by atoms with E-state index in [0.717, 1.165) is 17.1 Å². The lowest BCUT2D eigenvalue weighted by atomic mass is 10.2. The number of pyridine rings is 1. The van der Waals surface area contributed by atoms with Crippen LogP contribution in [0, 0.1) is 6.92 Å². The Morgan fingerprint density at radius 3 is 2.71 bits per heavy atom. The molecule has 0 radical (unpaired) electrons. The molecule has 31 heavy (non-hydrogen) atoms. The van der Waals surface area contributed by atoms with Crippen LogP contribution < -0.4 is 20.7 Å². The SMILES string of the molecule is Cc1cccc(NC(=O)N2CCN(c3ncccc3OCc3ccnc(N)n3)CC2)c1. The summed E-state index contributed by atoms with van der Waals surface area (Å²) in [6.07, 6.45) is 3.34. The van der Waals surface area contributed by atoms with E-state index in [9.17, 15) is 4.79 Å². The summed E-state index contributed by atoms with van der Waals surface area (Å²) < 4.78 is 5.95. The van der Waals surface area contributed by atoms with Crippen LogP contribution in [0.1, 0.15) is 11.3 Å². The van der Waals surface area contributed by atoms with Gasteiger partial charge in [-0.2, -0.15) is 0 Å². The van der Waals surface area contributed by atoms with Crippen molar-refractivity contribution in [2.75, 3.05) is 42.1 Å². The number of hydrogen-bond acceptors (Lipinski definition) is 7. The van der Waals surface area contributed by atoms with Crippen LogP contribution in [-0.2, 0) is 6.61 Å². The first-order valence-electron chi connectivity index (χ1n) is 10.1. The van der Waals surface area contributed by atoms with Crippen molar-refractivity contribution >= 4 is 23.5 Å². The van der Waals surface area contributed by atoms with Gasteiger partial charge in [0.1, 0.15) is 6.61 Å². The minimum atomic E-state index is -0.0934. The van der Waals surface area contributed by atoms with Crippen molar-refractivity contribution < 1.29 is 9.53 Å². The van der Waals surface area contributed by atoms with Gasteiger partial charge in [-0.3, -0.25) is 0 Å². The highest BCUT2D eigenvalue weighted by Crippen LogP contribution is 2.27. The summed E-state index contributed by atoms with van der Waals surface area (Å²) in [5, 5.41) is 2.97. The molecule has 0 aliphatic carbocycles. The first-order chi connectivity index (χ1) is 15.1. The van der Waals surface area contributed by atoms with Gasteiger partial charge >= 0.3 is 6.03 Å². The molecule has 1 fully saturated rings. The van der Waals surface area contributed by atoms with Gasteiger partial charge in [-0.15, -0.1) is 0 Å². The zero-order valence-electron chi connectivity index (χ0n) is 17.4. The van der Waals surface area contributed by atoms with Crippen molar-refractivity contribution in [3.05, 3.63) is 66.1 Å². The highest BCUT2D eigenvalue weighted by Gasteiger charge is 2.24. The molecule has 4 rings (SSSR count). The van der Waals surface area contributed by atoms with Crippen LogP contribution in [0.2, 0.25) is 0 Å². The van der Waals surface area contributed by atoms with Crippen LogP contribution in [-0.4, -0.2) is 52.1 Å². The number of benzene rings is 1. The van der Waals surface area contributed by atoms with E-state index >= 15 is 0 Å². The number of ether oxygens (including phenoxy) is 1. The second kappa shape index (κ2) is 9.29. The second-order valence-electron chi connectivity index (χ2n) is 7.29. The van der Waals surface area contributed by atoms with Crippen LogP contribution in [0.5, 0.6) is 5.75 Å². The third kappa shape index (κ3) is 5.19. The van der Waals surface area contributed by atoms with Crippen molar-refractivity contribution in [1.82, 2.24) is 19.9 Å². The Bertz CT molecular complexity index is 1050. The normalized spacial score (nSPS) is 13.7. The molecular formula is C22H25N7O2. The summed E-state index contributed by atoms with van der Waals surface area (Å²) in [4.78, 5) is 29.1. The van der Waals surface area contributed by atoms with Gasteiger partial charge in [0.15, 0.2) is 11.6 Å². The molecule has 3 N–H and O–H groups in total.